The third-order valence-electron chi connectivity index (χ3n) is 10.2. The molecule has 0 radical (unpaired) electrons. The Morgan fingerprint density at radius 1 is 0.380 bits per heavy atom. The Morgan fingerprint density at radius 3 is 1.74 bits per heavy atom. The van der Waals surface area contributed by atoms with Gasteiger partial charge < -0.3 is 14.0 Å². The smallest absolute Gasteiger partial charge is 0.175 e. The van der Waals surface area contributed by atoms with Crippen LogP contribution in [0.25, 0.3) is 49.4 Å². The molecule has 1 unspecified atom stereocenters. The normalized spacial score (nSPS) is 15.3. The van der Waals surface area contributed by atoms with E-state index in [9.17, 15) is 0 Å². The highest BCUT2D eigenvalue weighted by Gasteiger charge is 2.42. The highest BCUT2D eigenvalue weighted by atomic mass is 31.2. The van der Waals surface area contributed by atoms with E-state index in [2.05, 4.69) is 161 Å². The lowest BCUT2D eigenvalue weighted by Crippen LogP contribution is -2.36. The fraction of sp³-hybridized carbons (Fsp3) is 0. The summed E-state index contributed by atoms with van der Waals surface area (Å²) in [6, 6.07) is 65.6. The summed E-state index contributed by atoms with van der Waals surface area (Å²) in [5, 5.41) is 7.16. The van der Waals surface area contributed by atoms with E-state index in [0.29, 0.717) is 0 Å². The van der Waals surface area contributed by atoms with Gasteiger partial charge in [0.2, 0.25) is 0 Å². The highest BCUT2D eigenvalue weighted by molar-refractivity contribution is 7.86. The van der Waals surface area contributed by atoms with Gasteiger partial charge in [0, 0.05) is 38.1 Å². The van der Waals surface area contributed by atoms with Crippen LogP contribution in [-0.2, 0) is 4.57 Å². The van der Waals surface area contributed by atoms with Gasteiger partial charge in [0.15, 0.2) is 7.14 Å². The molecule has 1 aliphatic rings. The number of para-hydroxylation sites is 4. The van der Waals surface area contributed by atoms with Crippen molar-refractivity contribution >= 4 is 72.7 Å². The molecule has 3 nitrogen and oxygen atoms in total. The van der Waals surface area contributed by atoms with Gasteiger partial charge in [-0.2, -0.15) is 0 Å². The van der Waals surface area contributed by atoms with Crippen LogP contribution in [0.2, 0.25) is 0 Å². The number of benzene rings is 8. The van der Waals surface area contributed by atoms with Crippen molar-refractivity contribution in [2.75, 3.05) is 4.90 Å². The number of hydrogen-bond donors (Lipinski definition) is 0. The summed E-state index contributed by atoms with van der Waals surface area (Å²) in [4.78, 5) is 2.28. The first kappa shape index (κ1) is 28.8. The van der Waals surface area contributed by atoms with E-state index >= 15 is 4.57 Å². The first-order chi connectivity index (χ1) is 24.7. The third-order valence-corrected chi connectivity index (χ3v) is 13.3. The van der Waals surface area contributed by atoms with Crippen LogP contribution in [0, 0.1) is 0 Å². The maximum atomic E-state index is 16.1. The SMILES string of the molecule is O=P1(c2cccc3ccccc23)c2ccccc2N(c2ccccc2)c2cc(-c3cccc(-n4c5ccccc5c5ccccc54)c3)ccc21. The number of rotatable bonds is 4. The van der Waals surface area contributed by atoms with Crippen molar-refractivity contribution < 1.29 is 4.57 Å². The van der Waals surface area contributed by atoms with Gasteiger partial charge in [-0.15, -0.1) is 0 Å². The molecule has 0 fully saturated rings. The van der Waals surface area contributed by atoms with E-state index in [1.165, 1.54) is 21.8 Å². The predicted molar refractivity (Wildman–Crippen MR) is 211 cm³/mol. The minimum Gasteiger partial charge on any atom is -0.309 e. The molecule has 236 valence electrons. The summed E-state index contributed by atoms with van der Waals surface area (Å²) >= 11 is 0. The minimum absolute atomic E-state index is 0.846. The van der Waals surface area contributed by atoms with Crippen molar-refractivity contribution in [2.45, 2.75) is 0 Å². The van der Waals surface area contributed by atoms with Crippen molar-refractivity contribution in [1.82, 2.24) is 4.57 Å². The third kappa shape index (κ3) is 4.21. The summed E-state index contributed by atoms with van der Waals surface area (Å²) in [6.45, 7) is 0. The molecule has 1 atom stereocenters. The average Bonchev–Trinajstić information content (AvgIpc) is 3.52. The van der Waals surface area contributed by atoms with Crippen LogP contribution in [0.15, 0.2) is 188 Å². The fourth-order valence-electron chi connectivity index (χ4n) is 7.95. The Hall–Kier alpha value is -6.15. The Labute approximate surface area is 290 Å². The van der Waals surface area contributed by atoms with Crippen molar-refractivity contribution in [3.05, 3.63) is 188 Å². The van der Waals surface area contributed by atoms with Crippen molar-refractivity contribution in [3.63, 3.8) is 0 Å². The molecule has 0 amide bonds. The van der Waals surface area contributed by atoms with Crippen molar-refractivity contribution in [2.24, 2.45) is 0 Å². The van der Waals surface area contributed by atoms with Gasteiger partial charge in [-0.3, -0.25) is 0 Å². The van der Waals surface area contributed by atoms with Crippen LogP contribution in [-0.4, -0.2) is 4.57 Å². The Kier molecular flexibility index (Phi) is 6.46. The van der Waals surface area contributed by atoms with Gasteiger partial charge in [-0.1, -0.05) is 127 Å². The molecule has 10 rings (SSSR count). The number of aromatic nitrogens is 1. The molecule has 0 saturated heterocycles. The van der Waals surface area contributed by atoms with Crippen molar-refractivity contribution in [1.29, 1.82) is 0 Å². The molecule has 0 saturated carbocycles. The lowest BCUT2D eigenvalue weighted by molar-refractivity contribution is 0.592. The van der Waals surface area contributed by atoms with Crippen molar-refractivity contribution in [3.8, 4) is 16.8 Å². The van der Waals surface area contributed by atoms with E-state index in [0.717, 1.165) is 60.6 Å². The molecule has 0 aliphatic carbocycles. The molecular formula is C46H31N2OP. The van der Waals surface area contributed by atoms with Crippen LogP contribution in [0.4, 0.5) is 17.1 Å². The van der Waals surface area contributed by atoms with Gasteiger partial charge in [-0.25, -0.2) is 0 Å². The Bertz CT molecular complexity index is 2760. The number of nitrogens with zero attached hydrogens (tertiary/aromatic N) is 2. The van der Waals surface area contributed by atoms with Crippen LogP contribution >= 0.6 is 7.14 Å². The largest absolute Gasteiger partial charge is 0.309 e. The maximum Gasteiger partial charge on any atom is 0.175 e. The lowest BCUT2D eigenvalue weighted by atomic mass is 10.0. The molecule has 0 bridgehead atoms. The molecule has 8 aromatic carbocycles. The first-order valence-corrected chi connectivity index (χ1v) is 18.7. The number of hydrogen-bond acceptors (Lipinski definition) is 2. The molecule has 9 aromatic rings. The lowest BCUT2D eigenvalue weighted by Gasteiger charge is -2.38. The second-order valence-corrected chi connectivity index (χ2v) is 15.6. The van der Waals surface area contributed by atoms with E-state index < -0.39 is 7.14 Å². The molecule has 0 spiro atoms. The Balaban J connectivity index is 1.22. The maximum absolute atomic E-state index is 16.1. The van der Waals surface area contributed by atoms with Crippen LogP contribution in [0.5, 0.6) is 0 Å². The summed E-state index contributed by atoms with van der Waals surface area (Å²) in [5.41, 5.74) is 8.53. The molecular weight excluding hydrogens is 627 g/mol. The van der Waals surface area contributed by atoms with Crippen LogP contribution in [0.1, 0.15) is 0 Å². The molecule has 1 aromatic heterocycles. The highest BCUT2D eigenvalue weighted by Crippen LogP contribution is 2.55. The predicted octanol–water partition coefficient (Wildman–Crippen LogP) is 11.0. The summed E-state index contributed by atoms with van der Waals surface area (Å²) in [6.07, 6.45) is 0. The monoisotopic (exact) mass is 658 g/mol. The standard InChI is InChI=1S/C46H31N2OP/c49-50(44-27-13-15-32-14-4-5-20-37(32)44)45-26-11-10-25-42(45)47(35-17-2-1-3-18-35)43-31-34(28-29-46(43)50)33-16-12-19-36(30-33)48-40-23-8-6-21-38(40)39-22-7-9-24-41(39)48/h1-31H. The molecule has 4 heteroatoms. The quantitative estimate of drug-likeness (QED) is 0.176. The van der Waals surface area contributed by atoms with Gasteiger partial charge in [0.25, 0.3) is 0 Å². The number of anilines is 3. The molecule has 2 heterocycles. The zero-order chi connectivity index (χ0) is 33.2. The first-order valence-electron chi connectivity index (χ1n) is 17.0. The van der Waals surface area contributed by atoms with Gasteiger partial charge in [0.1, 0.15) is 0 Å². The van der Waals surface area contributed by atoms with E-state index in [1.54, 1.807) is 0 Å². The van der Waals surface area contributed by atoms with Gasteiger partial charge in [-0.05, 0) is 82.6 Å². The average molecular weight is 659 g/mol. The van der Waals surface area contributed by atoms with Crippen LogP contribution in [0.3, 0.4) is 0 Å². The second-order valence-electron chi connectivity index (χ2n) is 12.9. The topological polar surface area (TPSA) is 25.2 Å². The van der Waals surface area contributed by atoms with Gasteiger partial charge in [0.05, 0.1) is 22.4 Å². The summed E-state index contributed by atoms with van der Waals surface area (Å²) < 4.78 is 18.5. The summed E-state index contributed by atoms with van der Waals surface area (Å²) in [5.74, 6) is 0. The second kappa shape index (κ2) is 11.2. The summed E-state index contributed by atoms with van der Waals surface area (Å²) in [7, 11) is -3.31. The van der Waals surface area contributed by atoms with E-state index in [1.807, 2.05) is 36.4 Å². The minimum atomic E-state index is -3.31. The molecule has 1 aliphatic heterocycles. The molecule has 0 N–H and O–H groups in total. The zero-order valence-corrected chi connectivity index (χ0v) is 28.0. The molecule has 50 heavy (non-hydrogen) atoms. The van der Waals surface area contributed by atoms with E-state index in [-0.39, 0.29) is 0 Å². The number of fused-ring (bicyclic) bond motifs is 6. The van der Waals surface area contributed by atoms with Gasteiger partial charge >= 0.3 is 0 Å². The fourth-order valence-corrected chi connectivity index (χ4v) is 11.1. The zero-order valence-electron chi connectivity index (χ0n) is 27.1. The Morgan fingerprint density at radius 2 is 0.940 bits per heavy atom. The van der Waals surface area contributed by atoms with Crippen LogP contribution < -0.4 is 20.8 Å². The van der Waals surface area contributed by atoms with E-state index in [4.69, 9.17) is 0 Å².